The number of nitrogen functional groups attached to an aromatic ring is 2. The summed E-state index contributed by atoms with van der Waals surface area (Å²) in [5.41, 5.74) is 12.6. The number of hydrogen-bond acceptors (Lipinski definition) is 9. The first kappa shape index (κ1) is 25.1. The predicted molar refractivity (Wildman–Crippen MR) is 124 cm³/mol. The number of benzene rings is 1. The molecule has 10 nitrogen and oxygen atoms in total. The van der Waals surface area contributed by atoms with Gasteiger partial charge in [-0.2, -0.15) is 0 Å². The first-order valence-corrected chi connectivity index (χ1v) is 10.7. The highest BCUT2D eigenvalue weighted by atomic mass is 127. The van der Waals surface area contributed by atoms with Crippen LogP contribution in [-0.2, 0) is 28.7 Å². The van der Waals surface area contributed by atoms with Gasteiger partial charge >= 0.3 is 11.9 Å². The van der Waals surface area contributed by atoms with Crippen LogP contribution >= 0.6 is 67.8 Å². The molecule has 0 aromatic heterocycles. The lowest BCUT2D eigenvalue weighted by molar-refractivity contribution is -0.163. The van der Waals surface area contributed by atoms with Crippen LogP contribution in [0.1, 0.15) is 25.5 Å². The average molecular weight is 731 g/mol. The number of anilines is 2. The maximum atomic E-state index is 12.4. The molecule has 1 aromatic rings. The number of esters is 2. The van der Waals surface area contributed by atoms with Crippen LogP contribution in [0.4, 0.5) is 11.4 Å². The van der Waals surface area contributed by atoms with Gasteiger partial charge in [0.2, 0.25) is 6.10 Å². The lowest BCUT2D eigenvalue weighted by Gasteiger charge is -2.20. The van der Waals surface area contributed by atoms with Crippen LogP contribution in [0, 0.1) is 10.7 Å². The molecule has 0 aliphatic heterocycles. The summed E-state index contributed by atoms with van der Waals surface area (Å²) in [5, 5.41) is 12.4. The third kappa shape index (κ3) is 6.28. The second-order valence-electron chi connectivity index (χ2n) is 5.34. The molecule has 1 aromatic carbocycles. The standard InChI is InChI=1S/C15H16I3N3O7/c1-4(22)27-3-6(28-5(2)23)14(25)21-15(26)13(24)7-8(16)11(19)10(18)12(20)9(7)17/h6,13,24H,3,19-20H2,1-2H3,(H,21,25,26). The molecular weight excluding hydrogens is 715 g/mol. The number of imide groups is 1. The lowest BCUT2D eigenvalue weighted by Crippen LogP contribution is -2.45. The molecule has 2 atom stereocenters. The van der Waals surface area contributed by atoms with Crippen LogP contribution in [0.2, 0.25) is 0 Å². The van der Waals surface area contributed by atoms with Crippen molar-refractivity contribution < 1.29 is 33.8 Å². The summed E-state index contributed by atoms with van der Waals surface area (Å²) >= 11 is 5.67. The van der Waals surface area contributed by atoms with Crippen molar-refractivity contribution in [2.75, 3.05) is 18.1 Å². The summed E-state index contributed by atoms with van der Waals surface area (Å²) in [6, 6.07) is 0. The van der Waals surface area contributed by atoms with Gasteiger partial charge in [-0.25, -0.2) is 0 Å². The van der Waals surface area contributed by atoms with E-state index in [9.17, 15) is 24.3 Å². The number of nitrogens with one attached hydrogen (secondary N) is 1. The molecule has 0 saturated carbocycles. The zero-order valence-electron chi connectivity index (χ0n) is 14.5. The van der Waals surface area contributed by atoms with Crippen molar-refractivity contribution in [2.24, 2.45) is 0 Å². The molecular formula is C15H16I3N3O7. The highest BCUT2D eigenvalue weighted by Gasteiger charge is 2.31. The van der Waals surface area contributed by atoms with Crippen molar-refractivity contribution in [1.82, 2.24) is 5.32 Å². The number of aliphatic hydroxyl groups is 1. The molecule has 13 heteroatoms. The van der Waals surface area contributed by atoms with Crippen molar-refractivity contribution in [3.8, 4) is 0 Å². The van der Waals surface area contributed by atoms with Gasteiger partial charge in [-0.1, -0.05) is 0 Å². The predicted octanol–water partition coefficient (Wildman–Crippen LogP) is 0.836. The Hall–Kier alpha value is -0.950. The molecule has 154 valence electrons. The van der Waals surface area contributed by atoms with E-state index in [4.69, 9.17) is 16.2 Å². The number of hydrogen-bond donors (Lipinski definition) is 4. The molecule has 2 unspecified atom stereocenters. The molecule has 28 heavy (non-hydrogen) atoms. The van der Waals surface area contributed by atoms with Crippen LogP contribution in [-0.4, -0.2) is 41.6 Å². The van der Waals surface area contributed by atoms with Crippen molar-refractivity contribution in [3.05, 3.63) is 16.3 Å². The van der Waals surface area contributed by atoms with Crippen LogP contribution in [0.15, 0.2) is 0 Å². The summed E-state index contributed by atoms with van der Waals surface area (Å²) in [5.74, 6) is -3.66. The largest absolute Gasteiger partial charge is 0.461 e. The van der Waals surface area contributed by atoms with Gasteiger partial charge in [-0.05, 0) is 67.8 Å². The van der Waals surface area contributed by atoms with Gasteiger partial charge in [0.05, 0.1) is 14.9 Å². The zero-order valence-corrected chi connectivity index (χ0v) is 21.0. The van der Waals surface area contributed by atoms with E-state index >= 15 is 0 Å². The van der Waals surface area contributed by atoms with Crippen LogP contribution < -0.4 is 16.8 Å². The summed E-state index contributed by atoms with van der Waals surface area (Å²) < 4.78 is 10.8. The van der Waals surface area contributed by atoms with Crippen LogP contribution in [0.5, 0.6) is 0 Å². The SMILES string of the molecule is CC(=O)OCC(OC(C)=O)C(=O)NC(=O)C(O)c1c(I)c(N)c(I)c(N)c1I. The third-order valence-corrected chi connectivity index (χ3v) is 6.71. The Morgan fingerprint density at radius 3 is 1.89 bits per heavy atom. The van der Waals surface area contributed by atoms with E-state index in [1.54, 1.807) is 0 Å². The highest BCUT2D eigenvalue weighted by molar-refractivity contribution is 14.1. The van der Waals surface area contributed by atoms with E-state index in [-0.39, 0.29) is 5.56 Å². The molecule has 0 aliphatic carbocycles. The minimum atomic E-state index is -1.77. The van der Waals surface area contributed by atoms with E-state index in [1.807, 2.05) is 73.1 Å². The molecule has 0 spiro atoms. The van der Waals surface area contributed by atoms with Gasteiger partial charge in [0.25, 0.3) is 11.8 Å². The molecule has 0 bridgehead atoms. The van der Waals surface area contributed by atoms with Crippen molar-refractivity contribution in [2.45, 2.75) is 26.1 Å². The number of ether oxygens (including phenoxy) is 2. The molecule has 0 saturated heterocycles. The first-order valence-electron chi connectivity index (χ1n) is 7.43. The Bertz CT molecular complexity index is 803. The summed E-state index contributed by atoms with van der Waals surface area (Å²) in [7, 11) is 0. The van der Waals surface area contributed by atoms with Gasteiger partial charge in [0, 0.05) is 26.6 Å². The molecule has 6 N–H and O–H groups in total. The van der Waals surface area contributed by atoms with Gasteiger partial charge in [-0.15, -0.1) is 0 Å². The number of rotatable bonds is 6. The molecule has 2 amide bonds. The number of amides is 2. The number of aliphatic hydroxyl groups excluding tert-OH is 1. The number of carbonyl (C=O) groups is 4. The smallest absolute Gasteiger partial charge is 0.303 e. The monoisotopic (exact) mass is 731 g/mol. The Morgan fingerprint density at radius 2 is 1.46 bits per heavy atom. The van der Waals surface area contributed by atoms with E-state index in [0.29, 0.717) is 22.1 Å². The molecule has 0 fully saturated rings. The second-order valence-corrected chi connectivity index (χ2v) is 8.58. The van der Waals surface area contributed by atoms with Crippen molar-refractivity contribution >= 4 is 103 Å². The maximum absolute atomic E-state index is 12.4. The van der Waals surface area contributed by atoms with Gasteiger partial charge < -0.3 is 26.0 Å². The van der Waals surface area contributed by atoms with E-state index in [0.717, 1.165) is 13.8 Å². The Morgan fingerprint density at radius 1 is 0.964 bits per heavy atom. The van der Waals surface area contributed by atoms with Crippen molar-refractivity contribution in [3.63, 3.8) is 0 Å². The maximum Gasteiger partial charge on any atom is 0.303 e. The summed E-state index contributed by atoms with van der Waals surface area (Å²) in [6.07, 6.45) is -3.32. The Balaban J connectivity index is 3.07. The fourth-order valence-corrected chi connectivity index (χ4v) is 5.68. The van der Waals surface area contributed by atoms with Crippen LogP contribution in [0.3, 0.4) is 0 Å². The fraction of sp³-hybridized carbons (Fsp3) is 0.333. The van der Waals surface area contributed by atoms with Gasteiger partial charge in [0.15, 0.2) is 6.10 Å². The minimum absolute atomic E-state index is 0.144. The quantitative estimate of drug-likeness (QED) is 0.188. The zero-order chi connectivity index (χ0) is 21.8. The van der Waals surface area contributed by atoms with Gasteiger partial charge in [0.1, 0.15) is 6.61 Å². The number of halogens is 3. The Kier molecular flexibility index (Phi) is 9.60. The van der Waals surface area contributed by atoms with Crippen LogP contribution in [0.25, 0.3) is 0 Å². The van der Waals surface area contributed by atoms with Crippen molar-refractivity contribution in [1.29, 1.82) is 0 Å². The third-order valence-electron chi connectivity index (χ3n) is 3.23. The van der Waals surface area contributed by atoms with E-state index in [1.165, 1.54) is 0 Å². The average Bonchev–Trinajstić information content (AvgIpc) is 2.61. The first-order chi connectivity index (χ1) is 12.9. The molecule has 0 aliphatic rings. The molecule has 1 rings (SSSR count). The topological polar surface area (TPSA) is 171 Å². The van der Waals surface area contributed by atoms with E-state index in [2.05, 4.69) is 4.74 Å². The second kappa shape index (κ2) is 10.7. The molecule has 0 radical (unpaired) electrons. The number of carbonyl (C=O) groups excluding carboxylic acids is 4. The highest BCUT2D eigenvalue weighted by Crippen LogP contribution is 2.38. The normalized spacial score (nSPS) is 12.6. The number of nitrogens with two attached hydrogens (primary N) is 2. The Labute approximate surface area is 200 Å². The molecule has 0 heterocycles. The fourth-order valence-electron chi connectivity index (χ4n) is 1.92. The lowest BCUT2D eigenvalue weighted by atomic mass is 10.1. The minimum Gasteiger partial charge on any atom is -0.461 e. The van der Waals surface area contributed by atoms with E-state index < -0.39 is 42.6 Å². The van der Waals surface area contributed by atoms with Gasteiger partial charge in [-0.3, -0.25) is 24.5 Å². The summed E-state index contributed by atoms with van der Waals surface area (Å²) in [6.45, 7) is 1.57. The summed E-state index contributed by atoms with van der Waals surface area (Å²) in [4.78, 5) is 46.6.